The van der Waals surface area contributed by atoms with Crippen LogP contribution < -0.4 is 5.32 Å². The maximum atomic E-state index is 12.6. The van der Waals surface area contributed by atoms with Crippen molar-refractivity contribution < 1.29 is 18.0 Å². The van der Waals surface area contributed by atoms with Crippen molar-refractivity contribution in [2.45, 2.75) is 32.5 Å². The Bertz CT molecular complexity index is 667. The normalized spacial score (nSPS) is 11.5. The first-order chi connectivity index (χ1) is 10.9. The van der Waals surface area contributed by atoms with Crippen LogP contribution in [0.5, 0.6) is 0 Å². The predicted octanol–water partition coefficient (Wildman–Crippen LogP) is 2.68. The molecule has 2 aromatic heterocycles. The summed E-state index contributed by atoms with van der Waals surface area (Å²) in [4.78, 5) is 15.6. The largest absolute Gasteiger partial charge is 0.433 e. The van der Waals surface area contributed by atoms with Crippen LogP contribution in [0.15, 0.2) is 30.5 Å². The van der Waals surface area contributed by atoms with Crippen LogP contribution in [0.1, 0.15) is 35.2 Å². The summed E-state index contributed by atoms with van der Waals surface area (Å²) < 4.78 is 39.3. The zero-order valence-electron chi connectivity index (χ0n) is 12.6. The Morgan fingerprint density at radius 2 is 2.09 bits per heavy atom. The number of hydrogen-bond donors (Lipinski definition) is 1. The first-order valence-electron chi connectivity index (χ1n) is 7.25. The third kappa shape index (κ3) is 4.54. The van der Waals surface area contributed by atoms with Crippen LogP contribution in [0, 0.1) is 0 Å². The number of aryl methyl sites for hydroxylation is 1. The van der Waals surface area contributed by atoms with Gasteiger partial charge in [-0.15, -0.1) is 0 Å². The number of hydrogen-bond acceptors (Lipinski definition) is 3. The van der Waals surface area contributed by atoms with Crippen LogP contribution >= 0.6 is 0 Å². The minimum Gasteiger partial charge on any atom is -0.350 e. The molecule has 0 saturated carbocycles. The van der Waals surface area contributed by atoms with Gasteiger partial charge in [-0.3, -0.25) is 9.48 Å². The minimum absolute atomic E-state index is 0.199. The highest BCUT2D eigenvalue weighted by atomic mass is 19.4. The van der Waals surface area contributed by atoms with Crippen molar-refractivity contribution >= 4 is 5.91 Å². The van der Waals surface area contributed by atoms with Crippen molar-refractivity contribution in [3.05, 3.63) is 47.5 Å². The molecule has 0 radical (unpaired) electrons. The molecule has 1 amide bonds. The molecule has 124 valence electrons. The Morgan fingerprint density at radius 1 is 1.30 bits per heavy atom. The van der Waals surface area contributed by atoms with Gasteiger partial charge in [-0.1, -0.05) is 13.0 Å². The summed E-state index contributed by atoms with van der Waals surface area (Å²) in [5.41, 5.74) is -0.214. The lowest BCUT2D eigenvalue weighted by Crippen LogP contribution is -2.28. The molecule has 0 aliphatic heterocycles. The summed E-state index contributed by atoms with van der Waals surface area (Å²) in [7, 11) is 0. The number of carbonyl (C=O) groups is 1. The lowest BCUT2D eigenvalue weighted by molar-refractivity contribution is -0.141. The molecule has 5 nitrogen and oxygen atoms in total. The van der Waals surface area contributed by atoms with Crippen LogP contribution in [0.25, 0.3) is 0 Å². The average Bonchev–Trinajstić information content (AvgIpc) is 2.95. The van der Waals surface area contributed by atoms with E-state index in [1.165, 1.54) is 12.1 Å². The third-order valence-corrected chi connectivity index (χ3v) is 3.15. The summed E-state index contributed by atoms with van der Waals surface area (Å²) in [5.74, 6) is -0.303. The Hall–Kier alpha value is -2.38. The zero-order chi connectivity index (χ0) is 16.9. The minimum atomic E-state index is -4.47. The number of carbonyl (C=O) groups excluding carboxylic acids is 1. The van der Waals surface area contributed by atoms with Gasteiger partial charge in [-0.2, -0.15) is 18.3 Å². The van der Waals surface area contributed by atoms with Crippen molar-refractivity contribution in [3.8, 4) is 0 Å². The smallest absolute Gasteiger partial charge is 0.350 e. The molecule has 2 aromatic rings. The van der Waals surface area contributed by atoms with Gasteiger partial charge in [-0.05, 0) is 24.6 Å². The van der Waals surface area contributed by atoms with E-state index < -0.39 is 11.9 Å². The number of nitrogens with one attached hydrogen (secondary N) is 1. The molecule has 23 heavy (non-hydrogen) atoms. The van der Waals surface area contributed by atoms with Gasteiger partial charge in [0.15, 0.2) is 0 Å². The second-order valence-corrected chi connectivity index (χ2v) is 4.96. The van der Waals surface area contributed by atoms with E-state index in [2.05, 4.69) is 15.4 Å². The van der Waals surface area contributed by atoms with Crippen LogP contribution in [0.4, 0.5) is 13.2 Å². The first-order valence-corrected chi connectivity index (χ1v) is 7.25. The molecule has 0 bridgehead atoms. The van der Waals surface area contributed by atoms with E-state index in [0.717, 1.165) is 12.5 Å². The lowest BCUT2D eigenvalue weighted by atomic mass is 10.2. The van der Waals surface area contributed by atoms with Gasteiger partial charge < -0.3 is 5.32 Å². The summed E-state index contributed by atoms with van der Waals surface area (Å²) >= 11 is 0. The third-order valence-electron chi connectivity index (χ3n) is 3.15. The molecule has 1 N–H and O–H groups in total. The van der Waals surface area contributed by atoms with Crippen molar-refractivity contribution in [1.29, 1.82) is 0 Å². The average molecular weight is 326 g/mol. The van der Waals surface area contributed by atoms with Crippen LogP contribution in [0.3, 0.4) is 0 Å². The predicted molar refractivity (Wildman–Crippen MR) is 77.8 cm³/mol. The summed E-state index contributed by atoms with van der Waals surface area (Å²) in [6.45, 7) is 2.80. The van der Waals surface area contributed by atoms with E-state index in [1.54, 1.807) is 16.9 Å². The molecule has 8 heteroatoms. The van der Waals surface area contributed by atoms with Crippen LogP contribution in [-0.2, 0) is 19.1 Å². The van der Waals surface area contributed by atoms with Crippen molar-refractivity contribution in [2.75, 3.05) is 6.54 Å². The Kier molecular flexibility index (Phi) is 5.36. The molecule has 0 fully saturated rings. The SMILES string of the molecule is CCCn1nccc1C(=O)NCCc1cccc(C(F)(F)F)n1. The summed E-state index contributed by atoms with van der Waals surface area (Å²) in [6, 6.07) is 5.34. The number of rotatable bonds is 6. The summed E-state index contributed by atoms with van der Waals surface area (Å²) in [6.07, 6.45) is -1.86. The van der Waals surface area contributed by atoms with Crippen LogP contribution in [0.2, 0.25) is 0 Å². The standard InChI is InChI=1S/C15H17F3N4O/c1-2-10-22-12(7-9-20-22)14(23)19-8-6-11-4-3-5-13(21-11)15(16,17)18/h3-5,7,9H,2,6,8,10H2,1H3,(H,19,23). The Balaban J connectivity index is 1.92. The second kappa shape index (κ2) is 7.26. The fourth-order valence-electron chi connectivity index (χ4n) is 2.09. The molecular weight excluding hydrogens is 309 g/mol. The van der Waals surface area contributed by atoms with Gasteiger partial charge in [0.25, 0.3) is 5.91 Å². The topological polar surface area (TPSA) is 59.8 Å². The number of halogens is 3. The maximum absolute atomic E-state index is 12.6. The fraction of sp³-hybridized carbons (Fsp3) is 0.400. The molecule has 0 saturated heterocycles. The molecule has 2 rings (SSSR count). The zero-order valence-corrected chi connectivity index (χ0v) is 12.6. The van der Waals surface area contributed by atoms with E-state index in [9.17, 15) is 18.0 Å². The second-order valence-electron chi connectivity index (χ2n) is 4.96. The highest BCUT2D eigenvalue weighted by Gasteiger charge is 2.32. The molecule has 0 aliphatic rings. The van der Waals surface area contributed by atoms with Crippen molar-refractivity contribution in [3.63, 3.8) is 0 Å². The van der Waals surface area contributed by atoms with E-state index >= 15 is 0 Å². The molecule has 0 aliphatic carbocycles. The molecule has 0 spiro atoms. The number of amides is 1. The quantitative estimate of drug-likeness (QED) is 0.888. The van der Waals surface area contributed by atoms with E-state index in [-0.39, 0.29) is 24.6 Å². The van der Waals surface area contributed by atoms with E-state index in [0.29, 0.717) is 12.2 Å². The maximum Gasteiger partial charge on any atom is 0.433 e. The van der Waals surface area contributed by atoms with Gasteiger partial charge in [0, 0.05) is 31.4 Å². The first kappa shape index (κ1) is 17.0. The summed E-state index contributed by atoms with van der Waals surface area (Å²) in [5, 5.41) is 6.72. The fourth-order valence-corrected chi connectivity index (χ4v) is 2.09. The van der Waals surface area contributed by atoms with Gasteiger partial charge >= 0.3 is 6.18 Å². The molecule has 0 atom stereocenters. The molecule has 0 unspecified atom stereocenters. The van der Waals surface area contributed by atoms with Crippen LogP contribution in [-0.4, -0.2) is 27.2 Å². The van der Waals surface area contributed by atoms with Crippen molar-refractivity contribution in [2.24, 2.45) is 0 Å². The number of alkyl halides is 3. The van der Waals surface area contributed by atoms with E-state index in [4.69, 9.17) is 0 Å². The highest BCUT2D eigenvalue weighted by molar-refractivity contribution is 5.92. The monoisotopic (exact) mass is 326 g/mol. The van der Waals surface area contributed by atoms with Gasteiger partial charge in [-0.25, -0.2) is 4.98 Å². The van der Waals surface area contributed by atoms with Crippen molar-refractivity contribution in [1.82, 2.24) is 20.1 Å². The van der Waals surface area contributed by atoms with E-state index in [1.807, 2.05) is 6.92 Å². The highest BCUT2D eigenvalue weighted by Crippen LogP contribution is 2.27. The number of pyridine rings is 1. The molecule has 0 aromatic carbocycles. The Morgan fingerprint density at radius 3 is 2.78 bits per heavy atom. The Labute approximate surface area is 131 Å². The number of nitrogens with zero attached hydrogens (tertiary/aromatic N) is 3. The molecule has 2 heterocycles. The van der Waals surface area contributed by atoms with Gasteiger partial charge in [0.1, 0.15) is 11.4 Å². The lowest BCUT2D eigenvalue weighted by Gasteiger charge is -2.09. The molecular formula is C15H17F3N4O. The van der Waals surface area contributed by atoms with Gasteiger partial charge in [0.05, 0.1) is 0 Å². The van der Waals surface area contributed by atoms with Gasteiger partial charge in [0.2, 0.25) is 0 Å². The number of aromatic nitrogens is 3.